The molecule has 3 aromatic rings. The van der Waals surface area contributed by atoms with Crippen LogP contribution in [0, 0.1) is 27.7 Å². The van der Waals surface area contributed by atoms with E-state index in [1.54, 1.807) is 43.9 Å². The first-order valence-electron chi connectivity index (χ1n) is 10.3. The van der Waals surface area contributed by atoms with Crippen LogP contribution >= 0.6 is 11.6 Å². The molecular weight excluding hydrogens is 452 g/mol. The summed E-state index contributed by atoms with van der Waals surface area (Å²) in [4.78, 5) is 14.8. The molecule has 0 spiro atoms. The standard InChI is InChI=1S/C23H25ClN2O5S/c1-13-5-6-17(24)12-19(13)25-32(28,29)22-15(3)14(2)11-18-16(4)20(31-21(18)22)23(27)26-7-9-30-10-8-26/h5-6,11-12,25H,7-10H2,1-4H3. The first-order chi connectivity index (χ1) is 15.1. The third kappa shape index (κ3) is 3.98. The van der Waals surface area contributed by atoms with Gasteiger partial charge >= 0.3 is 0 Å². The van der Waals surface area contributed by atoms with Gasteiger partial charge in [0, 0.05) is 29.1 Å². The van der Waals surface area contributed by atoms with Gasteiger partial charge in [-0.05, 0) is 62.6 Å². The number of benzene rings is 2. The Balaban J connectivity index is 1.86. The Morgan fingerprint density at radius 3 is 2.41 bits per heavy atom. The lowest BCUT2D eigenvalue weighted by Crippen LogP contribution is -2.40. The highest BCUT2D eigenvalue weighted by atomic mass is 35.5. The molecule has 0 bridgehead atoms. The topological polar surface area (TPSA) is 88.9 Å². The van der Waals surface area contributed by atoms with Crippen molar-refractivity contribution in [2.75, 3.05) is 31.0 Å². The van der Waals surface area contributed by atoms with Gasteiger partial charge in [0.15, 0.2) is 11.3 Å². The van der Waals surface area contributed by atoms with Crippen LogP contribution < -0.4 is 4.72 Å². The van der Waals surface area contributed by atoms with Gasteiger partial charge in [0.2, 0.25) is 0 Å². The van der Waals surface area contributed by atoms with Crippen molar-refractivity contribution in [3.05, 3.63) is 57.3 Å². The SMILES string of the molecule is Cc1ccc(Cl)cc1NS(=O)(=O)c1c(C)c(C)cc2c(C)c(C(=O)N3CCOCC3)oc12. The summed E-state index contributed by atoms with van der Waals surface area (Å²) in [7, 11) is -4.03. The Hall–Kier alpha value is -2.55. The van der Waals surface area contributed by atoms with Crippen molar-refractivity contribution in [1.82, 2.24) is 4.90 Å². The van der Waals surface area contributed by atoms with Gasteiger partial charge in [0.05, 0.1) is 18.9 Å². The second-order valence-electron chi connectivity index (χ2n) is 8.05. The normalized spacial score (nSPS) is 14.7. The molecule has 2 aromatic carbocycles. The molecule has 170 valence electrons. The quantitative estimate of drug-likeness (QED) is 0.594. The number of hydrogen-bond acceptors (Lipinski definition) is 5. The summed E-state index contributed by atoms with van der Waals surface area (Å²) in [6.45, 7) is 9.01. The van der Waals surface area contributed by atoms with Gasteiger partial charge in [0.25, 0.3) is 15.9 Å². The Labute approximate surface area is 192 Å². The van der Waals surface area contributed by atoms with E-state index in [2.05, 4.69) is 4.72 Å². The molecule has 2 heterocycles. The summed E-state index contributed by atoms with van der Waals surface area (Å²) in [6, 6.07) is 6.88. The number of fused-ring (bicyclic) bond motifs is 1. The molecule has 4 rings (SSSR count). The monoisotopic (exact) mass is 476 g/mol. The van der Waals surface area contributed by atoms with Crippen molar-refractivity contribution >= 4 is 44.2 Å². The van der Waals surface area contributed by atoms with Gasteiger partial charge in [0.1, 0.15) is 4.90 Å². The van der Waals surface area contributed by atoms with E-state index >= 15 is 0 Å². The number of halogens is 1. The molecule has 0 aliphatic carbocycles. The molecule has 32 heavy (non-hydrogen) atoms. The smallest absolute Gasteiger partial charge is 0.290 e. The summed E-state index contributed by atoms with van der Waals surface area (Å²) in [5, 5.41) is 1.03. The van der Waals surface area contributed by atoms with E-state index in [1.807, 2.05) is 13.0 Å². The highest BCUT2D eigenvalue weighted by Crippen LogP contribution is 2.36. The second-order valence-corrected chi connectivity index (χ2v) is 10.1. The number of nitrogens with zero attached hydrogens (tertiary/aromatic N) is 1. The number of morpholine rings is 1. The Bertz CT molecular complexity index is 1320. The molecule has 1 aliphatic rings. The van der Waals surface area contributed by atoms with E-state index in [-0.39, 0.29) is 22.1 Å². The van der Waals surface area contributed by atoms with Crippen LogP contribution in [0.15, 0.2) is 33.6 Å². The molecular formula is C23H25ClN2O5S. The van der Waals surface area contributed by atoms with Gasteiger partial charge < -0.3 is 14.1 Å². The molecule has 1 aliphatic heterocycles. The molecule has 1 saturated heterocycles. The van der Waals surface area contributed by atoms with E-state index in [1.165, 1.54) is 0 Å². The van der Waals surface area contributed by atoms with Crippen LogP contribution in [0.1, 0.15) is 32.8 Å². The maximum Gasteiger partial charge on any atom is 0.290 e. The number of nitrogens with one attached hydrogen (secondary N) is 1. The molecule has 0 radical (unpaired) electrons. The average molecular weight is 477 g/mol. The molecule has 1 amide bonds. The Kier molecular flexibility index (Phi) is 5.96. The Morgan fingerprint density at radius 2 is 1.72 bits per heavy atom. The molecule has 1 N–H and O–H groups in total. The fourth-order valence-electron chi connectivity index (χ4n) is 3.88. The average Bonchev–Trinajstić information content (AvgIpc) is 3.07. The van der Waals surface area contributed by atoms with E-state index < -0.39 is 10.0 Å². The third-order valence-electron chi connectivity index (χ3n) is 5.90. The van der Waals surface area contributed by atoms with Crippen molar-refractivity contribution in [2.45, 2.75) is 32.6 Å². The predicted octanol–water partition coefficient (Wildman–Crippen LogP) is 4.59. The first kappa shape index (κ1) is 22.6. The maximum absolute atomic E-state index is 13.5. The summed E-state index contributed by atoms with van der Waals surface area (Å²) >= 11 is 6.07. The minimum atomic E-state index is -4.03. The minimum absolute atomic E-state index is 0.0241. The number of sulfonamides is 1. The lowest BCUT2D eigenvalue weighted by Gasteiger charge is -2.26. The number of furan rings is 1. The zero-order chi connectivity index (χ0) is 23.2. The van der Waals surface area contributed by atoms with E-state index in [0.29, 0.717) is 53.5 Å². The van der Waals surface area contributed by atoms with Gasteiger partial charge in [-0.3, -0.25) is 9.52 Å². The zero-order valence-corrected chi connectivity index (χ0v) is 20.0. The van der Waals surface area contributed by atoms with Crippen molar-refractivity contribution in [2.24, 2.45) is 0 Å². The van der Waals surface area contributed by atoms with E-state index in [4.69, 9.17) is 20.8 Å². The predicted molar refractivity (Wildman–Crippen MR) is 124 cm³/mol. The van der Waals surface area contributed by atoms with Crippen LogP contribution in [0.5, 0.6) is 0 Å². The molecule has 0 atom stereocenters. The van der Waals surface area contributed by atoms with Crippen LogP contribution in [0.2, 0.25) is 5.02 Å². The summed E-state index contributed by atoms with van der Waals surface area (Å²) in [5.41, 5.74) is 3.26. The first-order valence-corrected chi connectivity index (χ1v) is 12.2. The highest BCUT2D eigenvalue weighted by molar-refractivity contribution is 7.93. The number of carbonyl (C=O) groups is 1. The summed E-state index contributed by atoms with van der Waals surface area (Å²) in [6.07, 6.45) is 0. The number of amides is 1. The van der Waals surface area contributed by atoms with Gasteiger partial charge in [-0.1, -0.05) is 17.7 Å². The highest BCUT2D eigenvalue weighted by Gasteiger charge is 2.30. The number of carbonyl (C=O) groups excluding carboxylic acids is 1. The Morgan fingerprint density at radius 1 is 1.03 bits per heavy atom. The third-order valence-corrected chi connectivity index (χ3v) is 7.65. The fourth-order valence-corrected chi connectivity index (χ4v) is 5.62. The van der Waals surface area contributed by atoms with E-state index in [9.17, 15) is 13.2 Å². The lowest BCUT2D eigenvalue weighted by molar-refractivity contribution is 0.0283. The lowest BCUT2D eigenvalue weighted by atomic mass is 10.0. The molecule has 0 saturated carbocycles. The number of ether oxygens (including phenoxy) is 1. The van der Waals surface area contributed by atoms with E-state index in [0.717, 1.165) is 11.1 Å². The van der Waals surface area contributed by atoms with Crippen molar-refractivity contribution < 1.29 is 22.4 Å². The fraction of sp³-hybridized carbons (Fsp3) is 0.348. The molecule has 9 heteroatoms. The van der Waals surface area contributed by atoms with Crippen LogP contribution in [0.3, 0.4) is 0 Å². The summed E-state index contributed by atoms with van der Waals surface area (Å²) < 4.78 is 41.0. The van der Waals surface area contributed by atoms with Crippen molar-refractivity contribution in [3.63, 3.8) is 0 Å². The number of rotatable bonds is 4. The molecule has 0 unspecified atom stereocenters. The summed E-state index contributed by atoms with van der Waals surface area (Å²) in [5.74, 6) is -0.110. The molecule has 7 nitrogen and oxygen atoms in total. The van der Waals surface area contributed by atoms with Crippen LogP contribution in [0.4, 0.5) is 5.69 Å². The van der Waals surface area contributed by atoms with Gasteiger partial charge in [-0.15, -0.1) is 0 Å². The molecule has 1 fully saturated rings. The van der Waals surface area contributed by atoms with Gasteiger partial charge in [-0.2, -0.15) is 0 Å². The van der Waals surface area contributed by atoms with Crippen LogP contribution in [-0.2, 0) is 14.8 Å². The molecule has 1 aromatic heterocycles. The minimum Gasteiger partial charge on any atom is -0.449 e. The van der Waals surface area contributed by atoms with Crippen molar-refractivity contribution in [1.29, 1.82) is 0 Å². The van der Waals surface area contributed by atoms with Crippen molar-refractivity contribution in [3.8, 4) is 0 Å². The van der Waals surface area contributed by atoms with Crippen LogP contribution in [-0.4, -0.2) is 45.5 Å². The largest absolute Gasteiger partial charge is 0.449 e. The second kappa shape index (κ2) is 8.42. The number of anilines is 1. The zero-order valence-electron chi connectivity index (χ0n) is 18.4. The maximum atomic E-state index is 13.5. The number of hydrogen-bond donors (Lipinski definition) is 1. The number of aryl methyl sites for hydroxylation is 3. The van der Waals surface area contributed by atoms with Gasteiger partial charge in [-0.25, -0.2) is 8.42 Å². The van der Waals surface area contributed by atoms with Crippen LogP contribution in [0.25, 0.3) is 11.0 Å².